The summed E-state index contributed by atoms with van der Waals surface area (Å²) in [6.45, 7) is 3.74. The zero-order valence-electron chi connectivity index (χ0n) is 6.75. The summed E-state index contributed by atoms with van der Waals surface area (Å²) in [7, 11) is 0. The Morgan fingerprint density at radius 1 is 1.55 bits per heavy atom. The first kappa shape index (κ1) is 13.9. The molecule has 0 amide bonds. The van der Waals surface area contributed by atoms with Crippen LogP contribution >= 0.6 is 11.9 Å². The molecule has 0 saturated carbocycles. The van der Waals surface area contributed by atoms with Crippen molar-refractivity contribution in [2.24, 2.45) is 0 Å². The fourth-order valence-electron chi connectivity index (χ4n) is 0.340. The van der Waals surface area contributed by atoms with Crippen molar-refractivity contribution in [2.45, 2.75) is 26.4 Å². The molecule has 1 radical (unpaired) electrons. The van der Waals surface area contributed by atoms with Gasteiger partial charge in [-0.15, -0.1) is 6.42 Å². The SMILES string of the molecule is CC(C)OCl.[C-]1=CC=CC1.[V+2]. The Labute approximate surface area is 85.5 Å². The predicted molar refractivity (Wildman–Crippen MR) is 43.6 cm³/mol. The molecule has 0 heterocycles. The van der Waals surface area contributed by atoms with E-state index in [-0.39, 0.29) is 24.7 Å². The Hall–Kier alpha value is 0.314. The molecule has 0 spiro atoms. The molecule has 1 aliphatic carbocycles. The standard InChI is InChI=1S/C5H5.C3H7ClO.V/c1-2-4-5-3-1;1-3(2)5-4;/h1-3H,4H2;3H,1-2H3;/q-1;;+2. The van der Waals surface area contributed by atoms with E-state index in [0.717, 1.165) is 6.42 Å². The number of rotatable bonds is 1. The molecular weight excluding hydrogens is 198 g/mol. The van der Waals surface area contributed by atoms with E-state index in [1.54, 1.807) is 0 Å². The van der Waals surface area contributed by atoms with Crippen LogP contribution in [-0.4, -0.2) is 6.10 Å². The van der Waals surface area contributed by atoms with Gasteiger partial charge in [0.15, 0.2) is 0 Å². The summed E-state index contributed by atoms with van der Waals surface area (Å²) in [4.78, 5) is 0. The quantitative estimate of drug-likeness (QED) is 0.605. The second kappa shape index (κ2) is 10.3. The van der Waals surface area contributed by atoms with Crippen molar-refractivity contribution < 1.29 is 22.8 Å². The Morgan fingerprint density at radius 3 is 2.18 bits per heavy atom. The molecule has 1 aliphatic rings. The summed E-state index contributed by atoms with van der Waals surface area (Å²) in [5, 5.41) is 0. The minimum Gasteiger partial charge on any atom is -0.276 e. The average Bonchev–Trinajstić information content (AvgIpc) is 2.43. The number of halogens is 1. The molecule has 0 aromatic rings. The van der Waals surface area contributed by atoms with Crippen molar-refractivity contribution in [1.29, 1.82) is 0 Å². The van der Waals surface area contributed by atoms with Crippen LogP contribution < -0.4 is 0 Å². The molecule has 1 rings (SSSR count). The molecule has 0 fully saturated rings. The van der Waals surface area contributed by atoms with Crippen molar-refractivity contribution in [3.8, 4) is 0 Å². The third-order valence-electron chi connectivity index (χ3n) is 0.764. The maximum Gasteiger partial charge on any atom is 2.00 e. The molecule has 1 nitrogen and oxygen atoms in total. The molecule has 0 N–H and O–H groups in total. The Morgan fingerprint density at radius 2 is 2.09 bits per heavy atom. The van der Waals surface area contributed by atoms with Gasteiger partial charge in [0.05, 0.1) is 18.0 Å². The normalized spacial score (nSPS) is 12.4. The maximum absolute atomic E-state index is 4.84. The zero-order valence-corrected chi connectivity index (χ0v) is 8.90. The summed E-state index contributed by atoms with van der Waals surface area (Å²) in [6.07, 6.45) is 10.1. The molecule has 0 aromatic carbocycles. The number of allylic oxidation sites excluding steroid dienone is 4. The summed E-state index contributed by atoms with van der Waals surface area (Å²) in [6, 6.07) is 0. The van der Waals surface area contributed by atoms with Crippen molar-refractivity contribution in [1.82, 2.24) is 0 Å². The molecule has 0 bridgehead atoms. The van der Waals surface area contributed by atoms with Crippen LogP contribution in [0.25, 0.3) is 0 Å². The molecular formula is C8H12ClOV+. The molecule has 0 unspecified atom stereocenters. The van der Waals surface area contributed by atoms with Gasteiger partial charge in [-0.3, -0.25) is 10.4 Å². The molecule has 61 valence electrons. The monoisotopic (exact) mass is 210 g/mol. The van der Waals surface area contributed by atoms with E-state index in [1.807, 2.05) is 26.0 Å². The van der Waals surface area contributed by atoms with Gasteiger partial charge in [-0.05, 0) is 13.8 Å². The van der Waals surface area contributed by atoms with Crippen LogP contribution in [0.4, 0.5) is 0 Å². The van der Waals surface area contributed by atoms with Crippen LogP contribution in [0.15, 0.2) is 18.2 Å². The van der Waals surface area contributed by atoms with Gasteiger partial charge in [-0.25, -0.2) is 12.2 Å². The minimum absolute atomic E-state index is 0. The van der Waals surface area contributed by atoms with Crippen LogP contribution in [0.3, 0.4) is 0 Å². The summed E-state index contributed by atoms with van der Waals surface area (Å²) in [5.41, 5.74) is 0. The van der Waals surface area contributed by atoms with Crippen LogP contribution in [0.1, 0.15) is 20.3 Å². The average molecular weight is 211 g/mol. The van der Waals surface area contributed by atoms with Crippen LogP contribution in [0, 0.1) is 6.08 Å². The Bertz CT molecular complexity index is 111. The number of hydrogen-bond acceptors (Lipinski definition) is 1. The van der Waals surface area contributed by atoms with Gasteiger partial charge in [0.1, 0.15) is 0 Å². The fourth-order valence-corrected chi connectivity index (χ4v) is 0.340. The second-order valence-electron chi connectivity index (χ2n) is 2.14. The fraction of sp³-hybridized carbons (Fsp3) is 0.500. The Kier molecular flexibility index (Phi) is 13.0. The smallest absolute Gasteiger partial charge is 0.276 e. The van der Waals surface area contributed by atoms with Crippen LogP contribution in [0.2, 0.25) is 0 Å². The summed E-state index contributed by atoms with van der Waals surface area (Å²) >= 11 is 4.84. The van der Waals surface area contributed by atoms with E-state index < -0.39 is 0 Å². The first-order valence-electron chi connectivity index (χ1n) is 3.26. The van der Waals surface area contributed by atoms with Crippen molar-refractivity contribution in [3.63, 3.8) is 0 Å². The van der Waals surface area contributed by atoms with Gasteiger partial charge in [0.2, 0.25) is 0 Å². The van der Waals surface area contributed by atoms with E-state index in [0.29, 0.717) is 0 Å². The predicted octanol–water partition coefficient (Wildman–Crippen LogP) is 2.87. The van der Waals surface area contributed by atoms with E-state index in [4.69, 9.17) is 11.9 Å². The van der Waals surface area contributed by atoms with E-state index in [9.17, 15) is 0 Å². The second-order valence-corrected chi connectivity index (χ2v) is 2.32. The molecule has 0 saturated heterocycles. The molecule has 0 atom stereocenters. The van der Waals surface area contributed by atoms with Crippen LogP contribution in [0.5, 0.6) is 0 Å². The molecule has 0 aliphatic heterocycles. The molecule has 11 heavy (non-hydrogen) atoms. The van der Waals surface area contributed by atoms with Gasteiger partial charge in [0, 0.05) is 0 Å². The Balaban J connectivity index is 0. The van der Waals surface area contributed by atoms with Crippen molar-refractivity contribution in [2.75, 3.05) is 0 Å². The molecule has 3 heteroatoms. The van der Waals surface area contributed by atoms with Gasteiger partial charge >= 0.3 is 18.6 Å². The van der Waals surface area contributed by atoms with Gasteiger partial charge in [-0.1, -0.05) is 0 Å². The first-order valence-corrected chi connectivity index (χ1v) is 3.57. The first-order chi connectivity index (χ1) is 4.77. The minimum atomic E-state index is 0. The van der Waals surface area contributed by atoms with E-state index in [2.05, 4.69) is 16.4 Å². The zero-order chi connectivity index (χ0) is 7.82. The van der Waals surface area contributed by atoms with Gasteiger partial charge < -0.3 is 0 Å². The van der Waals surface area contributed by atoms with E-state index >= 15 is 0 Å². The number of hydrogen-bond donors (Lipinski definition) is 0. The third-order valence-corrected chi connectivity index (χ3v) is 1.12. The van der Waals surface area contributed by atoms with E-state index in [1.165, 1.54) is 0 Å². The van der Waals surface area contributed by atoms with Gasteiger partial charge in [0.25, 0.3) is 0 Å². The van der Waals surface area contributed by atoms with Crippen molar-refractivity contribution >= 4 is 11.9 Å². The summed E-state index contributed by atoms with van der Waals surface area (Å²) < 4.78 is 4.22. The third kappa shape index (κ3) is 13.3. The van der Waals surface area contributed by atoms with Crippen molar-refractivity contribution in [3.05, 3.63) is 24.3 Å². The topological polar surface area (TPSA) is 9.23 Å². The van der Waals surface area contributed by atoms with Gasteiger partial charge in [-0.2, -0.15) is 6.08 Å². The maximum atomic E-state index is 4.84. The largest absolute Gasteiger partial charge is 2.00 e. The van der Waals surface area contributed by atoms with Crippen LogP contribution in [-0.2, 0) is 22.8 Å². The summed E-state index contributed by atoms with van der Waals surface area (Å²) in [5.74, 6) is 0. The molecule has 0 aromatic heterocycles.